The third-order valence-electron chi connectivity index (χ3n) is 2.05. The van der Waals surface area contributed by atoms with Crippen LogP contribution in [0.4, 0.5) is 0 Å². The fraction of sp³-hybridized carbons (Fsp3) is 0.333. The Bertz CT molecular complexity index is 602. The van der Waals surface area contributed by atoms with Gasteiger partial charge >= 0.3 is 5.97 Å². The molecule has 7 heteroatoms. The maximum Gasteiger partial charge on any atom is 0.350 e. The molecule has 0 amide bonds. The molecule has 0 radical (unpaired) electrons. The lowest BCUT2D eigenvalue weighted by Crippen LogP contribution is -2.11. The maximum absolute atomic E-state index is 11.6. The molecule has 0 aromatic carbocycles. The van der Waals surface area contributed by atoms with Crippen LogP contribution in [0.2, 0.25) is 0 Å². The zero-order chi connectivity index (χ0) is 11.7. The van der Waals surface area contributed by atoms with Gasteiger partial charge in [0.15, 0.2) is 0 Å². The number of ether oxygens (including phenoxy) is 1. The van der Waals surface area contributed by atoms with Gasteiger partial charge in [0, 0.05) is 4.88 Å². The van der Waals surface area contributed by atoms with Gasteiger partial charge < -0.3 is 4.74 Å². The number of nitrogens with zero attached hydrogens (tertiary/aromatic N) is 2. The van der Waals surface area contributed by atoms with Gasteiger partial charge in [0.25, 0.3) is 5.56 Å². The van der Waals surface area contributed by atoms with E-state index in [-0.39, 0.29) is 12.2 Å². The number of fused-ring (bicyclic) bond motifs is 1. The number of H-pyrrole nitrogens is 1. The molecule has 0 unspecified atom stereocenters. The van der Waals surface area contributed by atoms with Crippen LogP contribution in [-0.4, -0.2) is 28.0 Å². The second-order valence-electron chi connectivity index (χ2n) is 3.07. The summed E-state index contributed by atoms with van der Waals surface area (Å²) in [6.45, 7) is 3.76. The summed E-state index contributed by atoms with van der Waals surface area (Å²) in [6, 6.07) is 0. The Morgan fingerprint density at radius 3 is 3.00 bits per heavy atom. The number of nitrogens with one attached hydrogen (secondary N) is 1. The monoisotopic (exact) mass is 239 g/mol. The second kappa shape index (κ2) is 4.01. The molecule has 1 N–H and O–H groups in total. The number of aromatic nitrogens is 3. The van der Waals surface area contributed by atoms with E-state index >= 15 is 0 Å². The molecule has 6 nitrogen and oxygen atoms in total. The zero-order valence-electron chi connectivity index (χ0n) is 8.73. The highest BCUT2D eigenvalue weighted by molar-refractivity contribution is 7.15. The van der Waals surface area contributed by atoms with Crippen molar-refractivity contribution in [2.75, 3.05) is 6.61 Å². The molecular formula is C9H9N3O3S. The number of hydrogen-bond donors (Lipinski definition) is 1. The van der Waals surface area contributed by atoms with E-state index in [1.165, 1.54) is 11.3 Å². The summed E-state index contributed by atoms with van der Waals surface area (Å²) in [5.74, 6) is -0.467. The maximum atomic E-state index is 11.6. The Morgan fingerprint density at radius 1 is 1.56 bits per heavy atom. The van der Waals surface area contributed by atoms with Crippen molar-refractivity contribution < 1.29 is 9.53 Å². The number of aryl methyl sites for hydroxylation is 1. The zero-order valence-corrected chi connectivity index (χ0v) is 9.55. The lowest BCUT2D eigenvalue weighted by molar-refractivity contribution is 0.0534. The van der Waals surface area contributed by atoms with E-state index < -0.39 is 5.97 Å². The van der Waals surface area contributed by atoms with Gasteiger partial charge in [0.1, 0.15) is 10.4 Å². The molecule has 0 aliphatic rings. The quantitative estimate of drug-likeness (QED) is 0.786. The Morgan fingerprint density at radius 2 is 2.31 bits per heavy atom. The van der Waals surface area contributed by atoms with Gasteiger partial charge in [-0.05, 0) is 13.8 Å². The molecule has 0 atom stereocenters. The average Bonchev–Trinajstić information content (AvgIpc) is 2.58. The molecule has 84 valence electrons. The van der Waals surface area contributed by atoms with Crippen molar-refractivity contribution in [1.82, 2.24) is 15.4 Å². The number of rotatable bonds is 2. The molecular weight excluding hydrogens is 230 g/mol. The first-order chi connectivity index (χ1) is 7.65. The number of carbonyl (C=O) groups is 1. The molecule has 0 fully saturated rings. The summed E-state index contributed by atoms with van der Waals surface area (Å²) in [7, 11) is 0. The summed E-state index contributed by atoms with van der Waals surface area (Å²) in [5, 5.41) is 9.85. The first kappa shape index (κ1) is 10.7. The van der Waals surface area contributed by atoms with Crippen molar-refractivity contribution in [3.8, 4) is 0 Å². The van der Waals surface area contributed by atoms with Crippen molar-refractivity contribution in [1.29, 1.82) is 0 Å². The molecule has 16 heavy (non-hydrogen) atoms. The summed E-state index contributed by atoms with van der Waals surface area (Å²) in [4.78, 5) is 24.1. The molecule has 2 rings (SSSR count). The van der Waals surface area contributed by atoms with Gasteiger partial charge in [0.05, 0.1) is 12.0 Å². The largest absolute Gasteiger partial charge is 0.462 e. The van der Waals surface area contributed by atoms with Gasteiger partial charge in [0.2, 0.25) is 0 Å². The Kier molecular flexibility index (Phi) is 2.69. The molecule has 0 bridgehead atoms. The van der Waals surface area contributed by atoms with Crippen LogP contribution in [0.5, 0.6) is 0 Å². The van der Waals surface area contributed by atoms with E-state index in [0.29, 0.717) is 15.8 Å². The van der Waals surface area contributed by atoms with Gasteiger partial charge in [-0.25, -0.2) is 9.89 Å². The van der Waals surface area contributed by atoms with E-state index in [2.05, 4.69) is 15.4 Å². The normalized spacial score (nSPS) is 10.6. The van der Waals surface area contributed by atoms with Crippen LogP contribution in [0.1, 0.15) is 21.5 Å². The molecule has 0 spiro atoms. The fourth-order valence-corrected chi connectivity index (χ4v) is 2.39. The van der Waals surface area contributed by atoms with Gasteiger partial charge in [-0.1, -0.05) is 5.21 Å². The van der Waals surface area contributed by atoms with Crippen LogP contribution in [0.3, 0.4) is 0 Å². The molecule has 0 aliphatic heterocycles. The summed E-state index contributed by atoms with van der Waals surface area (Å²) in [6.07, 6.45) is 0. The first-order valence-corrected chi connectivity index (χ1v) is 5.48. The van der Waals surface area contributed by atoms with Crippen LogP contribution >= 0.6 is 11.3 Å². The minimum absolute atomic E-state index is 0.286. The molecule has 0 aliphatic carbocycles. The number of carbonyl (C=O) groups excluding carboxylic acids is 1. The Hall–Kier alpha value is -1.76. The summed E-state index contributed by atoms with van der Waals surface area (Å²) >= 11 is 1.19. The highest BCUT2D eigenvalue weighted by Gasteiger charge is 2.19. The van der Waals surface area contributed by atoms with Crippen LogP contribution in [-0.2, 0) is 4.74 Å². The lowest BCUT2D eigenvalue weighted by atomic mass is 10.3. The third kappa shape index (κ3) is 1.58. The van der Waals surface area contributed by atoms with E-state index in [9.17, 15) is 9.59 Å². The number of esters is 1. The SMILES string of the molecule is CCOC(=O)c1sc(C)c2c(=O)[nH]nnc12. The topological polar surface area (TPSA) is 84.9 Å². The summed E-state index contributed by atoms with van der Waals surface area (Å²) in [5.41, 5.74) is -0.0287. The predicted octanol–water partition coefficient (Wildman–Crippen LogP) is 0.865. The fourth-order valence-electron chi connectivity index (χ4n) is 1.41. The van der Waals surface area contributed by atoms with Crippen LogP contribution < -0.4 is 5.56 Å². The standard InChI is InChI=1S/C9H9N3O3S/c1-3-15-9(14)7-6-5(4(2)16-7)8(13)11-12-10-6/h3H2,1-2H3,(H,10,11,13). The minimum atomic E-state index is -0.467. The highest BCUT2D eigenvalue weighted by Crippen LogP contribution is 2.26. The van der Waals surface area contributed by atoms with Crippen LogP contribution in [0.25, 0.3) is 10.9 Å². The number of hydrogen-bond acceptors (Lipinski definition) is 6. The molecule has 0 saturated carbocycles. The third-order valence-corrected chi connectivity index (χ3v) is 3.12. The Balaban J connectivity index is 2.69. The van der Waals surface area contributed by atoms with E-state index in [1.54, 1.807) is 13.8 Å². The molecule has 2 heterocycles. The van der Waals surface area contributed by atoms with Crippen molar-refractivity contribution in [2.24, 2.45) is 0 Å². The number of aromatic amines is 1. The Labute approximate surface area is 94.2 Å². The average molecular weight is 239 g/mol. The smallest absolute Gasteiger partial charge is 0.350 e. The van der Waals surface area contributed by atoms with Crippen LogP contribution in [0, 0.1) is 6.92 Å². The predicted molar refractivity (Wildman–Crippen MR) is 58.7 cm³/mol. The minimum Gasteiger partial charge on any atom is -0.462 e. The van der Waals surface area contributed by atoms with Crippen molar-refractivity contribution >= 4 is 28.2 Å². The first-order valence-electron chi connectivity index (χ1n) is 4.66. The number of thiophene rings is 1. The van der Waals surface area contributed by atoms with Crippen LogP contribution in [0.15, 0.2) is 4.79 Å². The molecule has 2 aromatic rings. The van der Waals surface area contributed by atoms with Crippen molar-refractivity contribution in [2.45, 2.75) is 13.8 Å². The van der Waals surface area contributed by atoms with Gasteiger partial charge in [-0.15, -0.1) is 16.4 Å². The van der Waals surface area contributed by atoms with Gasteiger partial charge in [-0.3, -0.25) is 4.79 Å². The van der Waals surface area contributed by atoms with E-state index in [1.807, 2.05) is 0 Å². The van der Waals surface area contributed by atoms with Gasteiger partial charge in [-0.2, -0.15) is 0 Å². The van der Waals surface area contributed by atoms with Crippen molar-refractivity contribution in [3.63, 3.8) is 0 Å². The molecule has 2 aromatic heterocycles. The van der Waals surface area contributed by atoms with E-state index in [4.69, 9.17) is 4.74 Å². The summed E-state index contributed by atoms with van der Waals surface area (Å²) < 4.78 is 4.88. The van der Waals surface area contributed by atoms with Crippen molar-refractivity contribution in [3.05, 3.63) is 20.1 Å². The highest BCUT2D eigenvalue weighted by atomic mass is 32.1. The second-order valence-corrected chi connectivity index (χ2v) is 4.30. The lowest BCUT2D eigenvalue weighted by Gasteiger charge is -1.97. The van der Waals surface area contributed by atoms with E-state index in [0.717, 1.165) is 4.88 Å². The molecule has 0 saturated heterocycles.